The number of anilines is 1. The molecule has 0 atom stereocenters. The fourth-order valence-electron chi connectivity index (χ4n) is 1.92. The van der Waals surface area contributed by atoms with Crippen LogP contribution in [0.2, 0.25) is 0 Å². The Morgan fingerprint density at radius 2 is 2.12 bits per heavy atom. The molecule has 0 radical (unpaired) electrons. The smallest absolute Gasteiger partial charge is 0.0597 e. The average Bonchev–Trinajstić information content (AvgIpc) is 2.65. The summed E-state index contributed by atoms with van der Waals surface area (Å²) in [5.74, 6) is 0. The van der Waals surface area contributed by atoms with Gasteiger partial charge in [0.1, 0.15) is 0 Å². The van der Waals surface area contributed by atoms with Crippen LogP contribution in [0.5, 0.6) is 0 Å². The van der Waals surface area contributed by atoms with Crippen molar-refractivity contribution in [3.8, 4) is 0 Å². The quantitative estimate of drug-likeness (QED) is 0.873. The Bertz CT molecular complexity index is 500. The molecule has 1 heterocycles. The molecule has 3 heteroatoms. The van der Waals surface area contributed by atoms with Crippen molar-refractivity contribution in [2.75, 3.05) is 5.32 Å². The summed E-state index contributed by atoms with van der Waals surface area (Å²) < 4.78 is 1.92. The maximum atomic E-state index is 4.33. The zero-order chi connectivity index (χ0) is 12.3. The summed E-state index contributed by atoms with van der Waals surface area (Å²) in [5, 5.41) is 7.76. The standard InChI is InChI=1S/C14H19N3/c1-4-12-6-5-7-13(9-12)15-10-14-8-11(2)16-17(14)3/h5-9,15H,4,10H2,1-3H3. The summed E-state index contributed by atoms with van der Waals surface area (Å²) in [4.78, 5) is 0. The third-order valence-corrected chi connectivity index (χ3v) is 2.91. The van der Waals surface area contributed by atoms with E-state index in [2.05, 4.69) is 47.7 Å². The number of aryl methyl sites for hydroxylation is 3. The van der Waals surface area contributed by atoms with Gasteiger partial charge < -0.3 is 5.32 Å². The van der Waals surface area contributed by atoms with Crippen LogP contribution in [0.4, 0.5) is 5.69 Å². The van der Waals surface area contributed by atoms with Gasteiger partial charge >= 0.3 is 0 Å². The molecule has 0 amide bonds. The van der Waals surface area contributed by atoms with E-state index in [0.717, 1.165) is 18.7 Å². The molecule has 2 rings (SSSR count). The summed E-state index contributed by atoms with van der Waals surface area (Å²) in [5.41, 5.74) is 4.79. The van der Waals surface area contributed by atoms with Crippen molar-refractivity contribution in [3.63, 3.8) is 0 Å². The van der Waals surface area contributed by atoms with Gasteiger partial charge in [-0.2, -0.15) is 5.10 Å². The van der Waals surface area contributed by atoms with Crippen molar-refractivity contribution in [3.05, 3.63) is 47.3 Å². The second-order valence-corrected chi connectivity index (χ2v) is 4.31. The lowest BCUT2D eigenvalue weighted by Crippen LogP contribution is -2.05. The number of benzene rings is 1. The van der Waals surface area contributed by atoms with Crippen LogP contribution in [0, 0.1) is 6.92 Å². The molecule has 17 heavy (non-hydrogen) atoms. The predicted molar refractivity (Wildman–Crippen MR) is 71.1 cm³/mol. The van der Waals surface area contributed by atoms with E-state index in [4.69, 9.17) is 0 Å². The van der Waals surface area contributed by atoms with Crippen LogP contribution in [0.3, 0.4) is 0 Å². The molecule has 0 aliphatic rings. The van der Waals surface area contributed by atoms with E-state index in [0.29, 0.717) is 0 Å². The minimum absolute atomic E-state index is 0.810. The minimum atomic E-state index is 0.810. The van der Waals surface area contributed by atoms with Crippen molar-refractivity contribution in [1.29, 1.82) is 0 Å². The highest BCUT2D eigenvalue weighted by Gasteiger charge is 2.01. The third kappa shape index (κ3) is 2.87. The Balaban J connectivity index is 2.04. The van der Waals surface area contributed by atoms with Crippen LogP contribution in [-0.4, -0.2) is 9.78 Å². The van der Waals surface area contributed by atoms with E-state index in [1.54, 1.807) is 0 Å². The largest absolute Gasteiger partial charge is 0.379 e. The molecule has 0 bridgehead atoms. The van der Waals surface area contributed by atoms with Crippen molar-refractivity contribution >= 4 is 5.69 Å². The summed E-state index contributed by atoms with van der Waals surface area (Å²) >= 11 is 0. The topological polar surface area (TPSA) is 29.9 Å². The van der Waals surface area contributed by atoms with Crippen LogP contribution in [0.1, 0.15) is 23.9 Å². The van der Waals surface area contributed by atoms with Crippen molar-refractivity contribution in [2.24, 2.45) is 7.05 Å². The van der Waals surface area contributed by atoms with Gasteiger partial charge in [-0.1, -0.05) is 19.1 Å². The molecule has 90 valence electrons. The molecule has 0 aliphatic carbocycles. The number of aromatic nitrogens is 2. The molecule has 0 fully saturated rings. The fourth-order valence-corrected chi connectivity index (χ4v) is 1.92. The first kappa shape index (κ1) is 11.7. The van der Waals surface area contributed by atoms with Gasteiger partial charge in [-0.05, 0) is 37.1 Å². The molecule has 1 aromatic heterocycles. The van der Waals surface area contributed by atoms with Gasteiger partial charge in [-0.3, -0.25) is 4.68 Å². The Morgan fingerprint density at radius 3 is 2.76 bits per heavy atom. The second-order valence-electron chi connectivity index (χ2n) is 4.31. The highest BCUT2D eigenvalue weighted by molar-refractivity contribution is 5.46. The Kier molecular flexibility index (Phi) is 3.47. The van der Waals surface area contributed by atoms with E-state index in [9.17, 15) is 0 Å². The molecule has 0 saturated heterocycles. The molecule has 1 N–H and O–H groups in total. The summed E-state index contributed by atoms with van der Waals surface area (Å²) in [6.45, 7) is 5.00. The average molecular weight is 229 g/mol. The summed E-state index contributed by atoms with van der Waals surface area (Å²) in [6.07, 6.45) is 1.07. The monoisotopic (exact) mass is 229 g/mol. The van der Waals surface area contributed by atoms with Gasteiger partial charge in [0, 0.05) is 12.7 Å². The first-order chi connectivity index (χ1) is 8.19. The van der Waals surface area contributed by atoms with Crippen LogP contribution in [-0.2, 0) is 20.0 Å². The SMILES string of the molecule is CCc1cccc(NCc2cc(C)nn2C)c1. The van der Waals surface area contributed by atoms with Crippen molar-refractivity contribution in [1.82, 2.24) is 9.78 Å². The van der Waals surface area contributed by atoms with Crippen LogP contribution < -0.4 is 5.32 Å². The van der Waals surface area contributed by atoms with Crippen molar-refractivity contribution in [2.45, 2.75) is 26.8 Å². The molecule has 3 nitrogen and oxygen atoms in total. The first-order valence-corrected chi connectivity index (χ1v) is 6.01. The van der Waals surface area contributed by atoms with Gasteiger partial charge in [0.25, 0.3) is 0 Å². The third-order valence-electron chi connectivity index (χ3n) is 2.91. The van der Waals surface area contributed by atoms with E-state index in [1.165, 1.54) is 16.9 Å². The van der Waals surface area contributed by atoms with E-state index >= 15 is 0 Å². The molecular weight excluding hydrogens is 210 g/mol. The van der Waals surface area contributed by atoms with Gasteiger partial charge in [-0.25, -0.2) is 0 Å². The molecule has 0 saturated carbocycles. The lowest BCUT2D eigenvalue weighted by molar-refractivity contribution is 0.713. The highest BCUT2D eigenvalue weighted by atomic mass is 15.3. The maximum Gasteiger partial charge on any atom is 0.0597 e. The van der Waals surface area contributed by atoms with Gasteiger partial charge in [0.05, 0.1) is 17.9 Å². The Morgan fingerprint density at radius 1 is 1.29 bits per heavy atom. The highest BCUT2D eigenvalue weighted by Crippen LogP contribution is 2.12. The van der Waals surface area contributed by atoms with Crippen LogP contribution in [0.15, 0.2) is 30.3 Å². The normalized spacial score (nSPS) is 10.5. The lowest BCUT2D eigenvalue weighted by atomic mass is 10.1. The number of hydrogen-bond acceptors (Lipinski definition) is 2. The minimum Gasteiger partial charge on any atom is -0.379 e. The maximum absolute atomic E-state index is 4.33. The van der Waals surface area contributed by atoms with Gasteiger partial charge in [0.2, 0.25) is 0 Å². The lowest BCUT2D eigenvalue weighted by Gasteiger charge is -2.07. The first-order valence-electron chi connectivity index (χ1n) is 6.01. The van der Waals surface area contributed by atoms with E-state index in [1.807, 2.05) is 18.7 Å². The van der Waals surface area contributed by atoms with Gasteiger partial charge in [-0.15, -0.1) is 0 Å². The number of rotatable bonds is 4. The van der Waals surface area contributed by atoms with Crippen LogP contribution >= 0.6 is 0 Å². The zero-order valence-electron chi connectivity index (χ0n) is 10.7. The molecule has 1 aromatic carbocycles. The number of nitrogens with one attached hydrogen (secondary N) is 1. The molecule has 2 aromatic rings. The van der Waals surface area contributed by atoms with Crippen molar-refractivity contribution < 1.29 is 0 Å². The van der Waals surface area contributed by atoms with E-state index < -0.39 is 0 Å². The Hall–Kier alpha value is -1.77. The zero-order valence-corrected chi connectivity index (χ0v) is 10.7. The van der Waals surface area contributed by atoms with Gasteiger partial charge in [0.15, 0.2) is 0 Å². The second kappa shape index (κ2) is 5.04. The molecule has 0 aliphatic heterocycles. The fraction of sp³-hybridized carbons (Fsp3) is 0.357. The number of nitrogens with zero attached hydrogens (tertiary/aromatic N) is 2. The Labute approximate surface area is 102 Å². The van der Waals surface area contributed by atoms with Crippen LogP contribution in [0.25, 0.3) is 0 Å². The van der Waals surface area contributed by atoms with E-state index in [-0.39, 0.29) is 0 Å². The summed E-state index contributed by atoms with van der Waals surface area (Å²) in [7, 11) is 1.98. The summed E-state index contributed by atoms with van der Waals surface area (Å²) in [6, 6.07) is 10.7. The molecule has 0 spiro atoms. The number of hydrogen-bond donors (Lipinski definition) is 1. The predicted octanol–water partition coefficient (Wildman–Crippen LogP) is 2.90. The molecular formula is C14H19N3. The molecule has 0 unspecified atom stereocenters.